The maximum atomic E-state index is 15.0. The molecule has 0 aromatic heterocycles. The van der Waals surface area contributed by atoms with Gasteiger partial charge in [-0.3, -0.25) is 4.79 Å². The maximum absolute atomic E-state index is 15.0. The second-order valence-corrected chi connectivity index (χ2v) is 10.5. The summed E-state index contributed by atoms with van der Waals surface area (Å²) in [5, 5.41) is 0.297. The Morgan fingerprint density at radius 1 is 0.833 bits per heavy atom. The topological polar surface area (TPSA) is 34.1 Å². The molecule has 1 atom stereocenters. The van der Waals surface area contributed by atoms with Crippen LogP contribution in [0.25, 0.3) is 6.08 Å². The Hall–Kier alpha value is -2.96. The van der Waals surface area contributed by atoms with Gasteiger partial charge in [-0.1, -0.05) is 109 Å². The number of carbonyl (C=O) groups is 1. The van der Waals surface area contributed by atoms with Crippen molar-refractivity contribution in [2.45, 2.75) is 24.9 Å². The first kappa shape index (κ1) is 21.7. The molecule has 0 spiro atoms. The molecule has 0 aliphatic rings. The van der Waals surface area contributed by atoms with Crippen LogP contribution in [-0.2, 0) is 9.36 Å². The van der Waals surface area contributed by atoms with E-state index in [-0.39, 0.29) is 5.78 Å². The van der Waals surface area contributed by atoms with Gasteiger partial charge in [0.05, 0.1) is 5.16 Å². The summed E-state index contributed by atoms with van der Waals surface area (Å²) in [7, 11) is -3.33. The molecule has 0 amide bonds. The number of ketones is 1. The van der Waals surface area contributed by atoms with Crippen LogP contribution in [0.5, 0.6) is 0 Å². The van der Waals surface area contributed by atoms with Gasteiger partial charge in [0.2, 0.25) is 0 Å². The molecule has 3 rings (SSSR count). The third-order valence-corrected chi connectivity index (χ3v) is 9.48. The number of benzene rings is 3. The van der Waals surface area contributed by atoms with Crippen LogP contribution >= 0.6 is 7.14 Å². The van der Waals surface area contributed by atoms with Gasteiger partial charge in [-0.15, -0.1) is 6.58 Å². The van der Waals surface area contributed by atoms with E-state index in [1.807, 2.05) is 103 Å². The van der Waals surface area contributed by atoms with Gasteiger partial charge in [-0.25, -0.2) is 0 Å². The van der Waals surface area contributed by atoms with E-state index in [1.54, 1.807) is 13.0 Å². The molecule has 0 aliphatic heterocycles. The Bertz CT molecular complexity index is 1010. The second kappa shape index (κ2) is 9.69. The highest BCUT2D eigenvalue weighted by molar-refractivity contribution is 7.81. The van der Waals surface area contributed by atoms with Gasteiger partial charge in [-0.2, -0.15) is 0 Å². The van der Waals surface area contributed by atoms with Crippen molar-refractivity contribution in [2.75, 3.05) is 0 Å². The molecule has 3 aromatic carbocycles. The molecule has 1 unspecified atom stereocenters. The number of carbonyl (C=O) groups excluding carboxylic acids is 1. The molecule has 152 valence electrons. The lowest BCUT2D eigenvalue weighted by atomic mass is 9.95. The highest BCUT2D eigenvalue weighted by atomic mass is 31.2. The van der Waals surface area contributed by atoms with Crippen molar-refractivity contribution in [1.82, 2.24) is 0 Å². The monoisotopic (exact) mass is 414 g/mol. The van der Waals surface area contributed by atoms with E-state index in [0.29, 0.717) is 23.5 Å². The predicted molar refractivity (Wildman–Crippen MR) is 128 cm³/mol. The number of rotatable bonds is 9. The van der Waals surface area contributed by atoms with E-state index in [9.17, 15) is 4.79 Å². The molecular formula is C27H27O2P. The predicted octanol–water partition coefficient (Wildman–Crippen LogP) is 6.01. The van der Waals surface area contributed by atoms with Gasteiger partial charge >= 0.3 is 0 Å². The fraction of sp³-hybridized carbons (Fsp3) is 0.148. The zero-order valence-corrected chi connectivity index (χ0v) is 18.2. The van der Waals surface area contributed by atoms with Crippen molar-refractivity contribution >= 4 is 29.6 Å². The lowest BCUT2D eigenvalue weighted by Gasteiger charge is -2.38. The molecule has 3 heteroatoms. The Labute approximate surface area is 179 Å². The first-order valence-corrected chi connectivity index (χ1v) is 11.8. The maximum Gasteiger partial charge on any atom is 0.156 e. The van der Waals surface area contributed by atoms with Crippen molar-refractivity contribution in [2.24, 2.45) is 0 Å². The summed E-state index contributed by atoms with van der Waals surface area (Å²) in [6, 6.07) is 28.7. The molecule has 30 heavy (non-hydrogen) atoms. The van der Waals surface area contributed by atoms with Crippen LogP contribution < -0.4 is 10.6 Å². The Balaban J connectivity index is 2.20. The smallest absolute Gasteiger partial charge is 0.156 e. The summed E-state index contributed by atoms with van der Waals surface area (Å²) in [5.74, 6) is -0.0869. The third-order valence-electron chi connectivity index (χ3n) is 5.55. The largest absolute Gasteiger partial charge is 0.313 e. The van der Waals surface area contributed by atoms with Gasteiger partial charge in [0.1, 0.15) is 5.78 Å². The quantitative estimate of drug-likeness (QED) is 0.317. The zero-order valence-electron chi connectivity index (χ0n) is 17.3. The number of hydrogen-bond acceptors (Lipinski definition) is 2. The van der Waals surface area contributed by atoms with Crippen LogP contribution in [0.2, 0.25) is 0 Å². The van der Waals surface area contributed by atoms with Crippen LogP contribution in [0.1, 0.15) is 25.3 Å². The third kappa shape index (κ3) is 4.15. The van der Waals surface area contributed by atoms with Crippen LogP contribution in [0.4, 0.5) is 0 Å². The van der Waals surface area contributed by atoms with Crippen LogP contribution in [0.15, 0.2) is 110 Å². The molecule has 0 radical (unpaired) electrons. The second-order valence-electron chi connectivity index (χ2n) is 7.38. The molecule has 0 heterocycles. The van der Waals surface area contributed by atoms with E-state index in [1.165, 1.54) is 0 Å². The van der Waals surface area contributed by atoms with Gasteiger partial charge in [0, 0.05) is 10.6 Å². The Morgan fingerprint density at radius 2 is 1.30 bits per heavy atom. The lowest BCUT2D eigenvalue weighted by Crippen LogP contribution is -2.43. The first-order valence-electron chi connectivity index (χ1n) is 10.1. The molecule has 0 aliphatic carbocycles. The summed E-state index contributed by atoms with van der Waals surface area (Å²) in [4.78, 5) is 13.2. The van der Waals surface area contributed by atoms with Crippen molar-refractivity contribution in [3.63, 3.8) is 0 Å². The van der Waals surface area contributed by atoms with Gasteiger partial charge in [0.25, 0.3) is 0 Å². The van der Waals surface area contributed by atoms with Crippen molar-refractivity contribution in [3.05, 3.63) is 115 Å². The average Bonchev–Trinajstić information content (AvgIpc) is 2.79. The molecule has 3 aromatic rings. The molecule has 0 saturated heterocycles. The molecule has 0 bridgehead atoms. The minimum absolute atomic E-state index is 0.0869. The van der Waals surface area contributed by atoms with E-state index in [4.69, 9.17) is 0 Å². The highest BCUT2D eigenvalue weighted by Gasteiger charge is 2.52. The van der Waals surface area contributed by atoms with E-state index >= 15 is 4.57 Å². The number of allylic oxidation sites excluding steroid dienone is 2. The summed E-state index contributed by atoms with van der Waals surface area (Å²) < 4.78 is 15.0. The molecule has 0 N–H and O–H groups in total. The Morgan fingerprint density at radius 3 is 1.73 bits per heavy atom. The normalized spacial score (nSPS) is 13.6. The molecular weight excluding hydrogens is 387 g/mol. The fourth-order valence-corrected chi connectivity index (χ4v) is 7.62. The van der Waals surface area contributed by atoms with Crippen molar-refractivity contribution in [1.29, 1.82) is 0 Å². The minimum Gasteiger partial charge on any atom is -0.313 e. The average molecular weight is 414 g/mol. The summed E-state index contributed by atoms with van der Waals surface area (Å²) in [5.41, 5.74) is 1.04. The van der Waals surface area contributed by atoms with Crippen LogP contribution in [0.3, 0.4) is 0 Å². The summed E-state index contributed by atoms with van der Waals surface area (Å²) in [6.45, 7) is 5.45. The number of Topliss-reactive ketones (excluding diaryl/α,β-unsaturated/α-hetero) is 1. The van der Waals surface area contributed by atoms with E-state index < -0.39 is 12.3 Å². The minimum atomic E-state index is -3.33. The van der Waals surface area contributed by atoms with E-state index in [0.717, 1.165) is 5.56 Å². The number of hydrogen-bond donors (Lipinski definition) is 0. The SMILES string of the molecule is C=CCC(CC=Cc1ccccc1)(C(C)=O)P(=O)(c1ccccc1)c1ccccc1. The van der Waals surface area contributed by atoms with E-state index in [2.05, 4.69) is 6.58 Å². The highest BCUT2D eigenvalue weighted by Crippen LogP contribution is 2.60. The lowest BCUT2D eigenvalue weighted by molar-refractivity contribution is -0.119. The van der Waals surface area contributed by atoms with Gasteiger partial charge in [-0.05, 0) is 25.3 Å². The zero-order chi connectivity index (χ0) is 21.5. The Kier molecular flexibility index (Phi) is 7.03. The van der Waals surface area contributed by atoms with Crippen LogP contribution in [-0.4, -0.2) is 10.9 Å². The molecule has 2 nitrogen and oxygen atoms in total. The van der Waals surface area contributed by atoms with Gasteiger partial charge in [0.15, 0.2) is 7.14 Å². The summed E-state index contributed by atoms with van der Waals surface area (Å²) in [6.07, 6.45) is 6.38. The fourth-order valence-electron chi connectivity index (χ4n) is 3.96. The molecule has 0 saturated carbocycles. The molecule has 0 fully saturated rings. The van der Waals surface area contributed by atoms with Gasteiger partial charge < -0.3 is 4.57 Å². The summed E-state index contributed by atoms with van der Waals surface area (Å²) >= 11 is 0. The van der Waals surface area contributed by atoms with Crippen molar-refractivity contribution in [3.8, 4) is 0 Å². The van der Waals surface area contributed by atoms with Crippen molar-refractivity contribution < 1.29 is 9.36 Å². The standard InChI is InChI=1S/C27H27O2P/c1-3-21-27(23(2)28,22-13-16-24-14-7-4-8-15-24)30(29,25-17-9-5-10-18-25)26-19-11-6-12-20-26/h3-20H,1,21-22H2,2H3. The van der Waals surface area contributed by atoms with Crippen LogP contribution in [0, 0.1) is 0 Å². The first-order chi connectivity index (χ1) is 14.5.